The minimum Gasteiger partial charge on any atom is -0.451 e. The number of imidazole rings is 1. The minimum atomic E-state index is -1.52. The number of carbonyl (C=O) groups excluding carboxylic acids is 8. The monoisotopic (exact) mass is 1040 g/mol. The fourth-order valence-electron chi connectivity index (χ4n) is 9.07. The van der Waals surface area contributed by atoms with Crippen LogP contribution in [0.25, 0.3) is 0 Å². The molecule has 4 amide bonds. The number of hydrogen-bond acceptors (Lipinski definition) is 13. The number of esters is 4. The molecule has 0 spiro atoms. The number of ether oxygens (including phenoxy) is 4. The zero-order valence-corrected chi connectivity index (χ0v) is 46.8. The highest BCUT2D eigenvalue weighted by molar-refractivity contribution is 5.94. The molecular weight excluding hydrogens is 961 g/mol. The Morgan fingerprint density at radius 1 is 0.453 bits per heavy atom. The van der Waals surface area contributed by atoms with E-state index in [1.54, 1.807) is 36.5 Å². The number of carbonyl (C=O) groups is 8. The molecule has 0 N–H and O–H groups in total. The van der Waals surface area contributed by atoms with Gasteiger partial charge < -0.3 is 43.1 Å². The van der Waals surface area contributed by atoms with E-state index in [1.165, 1.54) is 42.0 Å². The first kappa shape index (κ1) is 61.0. The van der Waals surface area contributed by atoms with Crippen LogP contribution in [0.15, 0.2) is 67.0 Å². The van der Waals surface area contributed by atoms with Crippen molar-refractivity contribution in [1.82, 2.24) is 29.2 Å². The molecule has 0 saturated carbocycles. The maximum atomic E-state index is 14.9. The number of aryl methyl sites for hydroxylation is 1. The van der Waals surface area contributed by atoms with Crippen LogP contribution >= 0.6 is 0 Å². The van der Waals surface area contributed by atoms with Crippen LogP contribution in [0.2, 0.25) is 0 Å². The topological polar surface area (TPSA) is 204 Å². The van der Waals surface area contributed by atoms with Gasteiger partial charge in [-0.05, 0) is 86.8 Å². The molecule has 18 nitrogen and oxygen atoms in total. The Labute approximate surface area is 443 Å². The molecule has 1 aliphatic rings. The molecule has 0 unspecified atom stereocenters. The number of aromatic nitrogens is 2. The molecular formula is C57H82N6O12. The maximum Gasteiger partial charge on any atom is 0.329 e. The lowest BCUT2D eigenvalue weighted by Crippen LogP contribution is -2.55. The number of benzene rings is 2. The summed E-state index contributed by atoms with van der Waals surface area (Å²) in [6, 6.07) is 11.2. The van der Waals surface area contributed by atoms with E-state index in [0.717, 1.165) is 31.0 Å². The predicted octanol–water partition coefficient (Wildman–Crippen LogP) is 6.22. The van der Waals surface area contributed by atoms with Crippen molar-refractivity contribution in [2.24, 2.45) is 23.7 Å². The Morgan fingerprint density at radius 3 is 1.11 bits per heavy atom. The van der Waals surface area contributed by atoms with Gasteiger partial charge in [0.05, 0.1) is 0 Å². The quantitative estimate of drug-likeness (QED) is 0.130. The van der Waals surface area contributed by atoms with Gasteiger partial charge in [-0.15, -0.1) is 0 Å². The fourth-order valence-corrected chi connectivity index (χ4v) is 9.07. The Balaban J connectivity index is 1.86. The van der Waals surface area contributed by atoms with E-state index in [9.17, 15) is 38.4 Å². The summed E-state index contributed by atoms with van der Waals surface area (Å²) >= 11 is 0. The van der Waals surface area contributed by atoms with Gasteiger partial charge in [0.2, 0.25) is 0 Å². The normalized spacial score (nSPS) is 24.0. The first-order chi connectivity index (χ1) is 35.2. The largest absolute Gasteiger partial charge is 0.451 e. The summed E-state index contributed by atoms with van der Waals surface area (Å²) in [4.78, 5) is 125. The van der Waals surface area contributed by atoms with Crippen molar-refractivity contribution in [1.29, 1.82) is 0 Å². The van der Waals surface area contributed by atoms with Crippen LogP contribution in [0, 0.1) is 30.6 Å². The van der Waals surface area contributed by atoms with Crippen molar-refractivity contribution in [3.8, 4) is 0 Å². The lowest BCUT2D eigenvalue weighted by Gasteiger charge is -2.35. The van der Waals surface area contributed by atoms with E-state index >= 15 is 0 Å². The van der Waals surface area contributed by atoms with Crippen LogP contribution in [0.4, 0.5) is 0 Å². The van der Waals surface area contributed by atoms with Gasteiger partial charge in [-0.1, -0.05) is 110 Å². The second-order valence-corrected chi connectivity index (χ2v) is 21.7. The molecule has 3 aromatic rings. The van der Waals surface area contributed by atoms with E-state index in [1.807, 2.05) is 97.3 Å². The number of rotatable bonds is 14. The highest BCUT2D eigenvalue weighted by Gasteiger charge is 2.43. The van der Waals surface area contributed by atoms with Crippen LogP contribution in [-0.4, -0.2) is 153 Å². The molecule has 1 aliphatic heterocycles. The molecule has 0 aliphatic carbocycles. The zero-order chi connectivity index (χ0) is 56.0. The predicted molar refractivity (Wildman–Crippen MR) is 281 cm³/mol. The summed E-state index contributed by atoms with van der Waals surface area (Å²) in [6.45, 7) is 20.0. The molecule has 1 fully saturated rings. The van der Waals surface area contributed by atoms with Crippen molar-refractivity contribution in [3.05, 3.63) is 89.5 Å². The third-order valence-electron chi connectivity index (χ3n) is 13.5. The first-order valence-electron chi connectivity index (χ1n) is 26.2. The van der Waals surface area contributed by atoms with Gasteiger partial charge in [-0.2, -0.15) is 0 Å². The summed E-state index contributed by atoms with van der Waals surface area (Å²) in [6.07, 6.45) is -2.16. The van der Waals surface area contributed by atoms with E-state index in [2.05, 4.69) is 4.98 Å². The van der Waals surface area contributed by atoms with E-state index in [4.69, 9.17) is 18.9 Å². The van der Waals surface area contributed by atoms with Gasteiger partial charge in [0.15, 0.2) is 24.4 Å². The van der Waals surface area contributed by atoms with Crippen molar-refractivity contribution < 1.29 is 57.3 Å². The third kappa shape index (κ3) is 17.2. The Bertz CT molecular complexity index is 2400. The van der Waals surface area contributed by atoms with E-state index in [-0.39, 0.29) is 62.2 Å². The van der Waals surface area contributed by atoms with E-state index < -0.39 is 96.1 Å². The van der Waals surface area contributed by atoms with Gasteiger partial charge in [-0.3, -0.25) is 19.2 Å². The molecule has 0 bridgehead atoms. The minimum absolute atomic E-state index is 0.0877. The number of amides is 4. The van der Waals surface area contributed by atoms with Crippen LogP contribution < -0.4 is 0 Å². The number of nitrogens with zero attached hydrogens (tertiary/aromatic N) is 6. The number of likely N-dealkylation sites (N-methyl/N-ethyl adjacent to an activating group) is 4. The van der Waals surface area contributed by atoms with E-state index in [0.29, 0.717) is 17.7 Å². The number of cyclic esters (lactones) is 4. The highest BCUT2D eigenvalue weighted by atomic mass is 16.6. The van der Waals surface area contributed by atoms with Gasteiger partial charge in [-0.25, -0.2) is 24.2 Å². The Hall–Kier alpha value is -6.59. The standard InChI is InChI=1S/C57H82N6O12/c1-34(2)27-44-54(68)72-39(10)51(65)60(13)47(30-37(7)8)57(71)75-49(32-42-21-23-43(24-22-42)33-63-26-25-58-40(63)11)53(67)62(15)45(28-35(3)4)55(69)73-38(9)50(64)59(12)46(29-36(5)6)56(70)74-48(52(66)61(44)14)31-41-19-17-16-18-20-41/h16-26,34-39,44-49H,27-33H2,1-15H3/t38-,39-,44+,45+,46+,47+,48-,49-/m1/s1. The zero-order valence-electron chi connectivity index (χ0n) is 46.8. The molecule has 0 radical (unpaired) electrons. The highest BCUT2D eigenvalue weighted by Crippen LogP contribution is 2.24. The van der Waals surface area contributed by atoms with Crippen LogP contribution in [-0.2, 0) is 76.7 Å². The van der Waals surface area contributed by atoms with Crippen LogP contribution in [0.5, 0.6) is 0 Å². The second-order valence-electron chi connectivity index (χ2n) is 21.7. The molecule has 8 atom stereocenters. The molecule has 2 aromatic carbocycles. The fraction of sp³-hybridized carbons (Fsp3) is 0.596. The lowest BCUT2D eigenvalue weighted by atomic mass is 9.99. The SMILES string of the molecule is Cc1nccn1Cc1ccc(C[C@H]2OC(=O)[C@H](CC(C)C)N(C)C(=O)[C@@H](C)OC(=O)[C@H](CC(C)C)N(C)C(=O)[C@@H](Cc3ccccc3)OC(=O)[C@H](CC(C)C)N(C)C(=O)[C@@H](C)OC(=O)[C@H](CC(C)C)N(C)C2=O)cc1. The first-order valence-corrected chi connectivity index (χ1v) is 26.2. The van der Waals surface area contributed by atoms with Gasteiger partial charge >= 0.3 is 23.9 Å². The summed E-state index contributed by atoms with van der Waals surface area (Å²) in [5, 5.41) is 0. The second kappa shape index (κ2) is 27.8. The molecule has 2 heterocycles. The van der Waals surface area contributed by atoms with Gasteiger partial charge in [0, 0.05) is 60.0 Å². The molecule has 75 heavy (non-hydrogen) atoms. The third-order valence-corrected chi connectivity index (χ3v) is 13.5. The summed E-state index contributed by atoms with van der Waals surface area (Å²) in [5.41, 5.74) is 2.22. The van der Waals surface area contributed by atoms with Gasteiger partial charge in [0.25, 0.3) is 23.6 Å². The van der Waals surface area contributed by atoms with Crippen LogP contribution in [0.3, 0.4) is 0 Å². The molecule has 4 rings (SSSR count). The smallest absolute Gasteiger partial charge is 0.329 e. The Kier molecular flexibility index (Phi) is 22.6. The van der Waals surface area contributed by atoms with Crippen molar-refractivity contribution in [2.75, 3.05) is 28.2 Å². The molecule has 412 valence electrons. The number of hydrogen-bond donors (Lipinski definition) is 0. The van der Waals surface area contributed by atoms with Crippen molar-refractivity contribution >= 4 is 47.5 Å². The molecule has 18 heteroatoms. The summed E-state index contributed by atoms with van der Waals surface area (Å²) < 4.78 is 26.0. The van der Waals surface area contributed by atoms with Gasteiger partial charge in [0.1, 0.15) is 30.0 Å². The average Bonchev–Trinajstić information content (AvgIpc) is 3.76. The summed E-state index contributed by atoms with van der Waals surface area (Å²) in [5.74, 6) is -6.43. The average molecular weight is 1040 g/mol. The Morgan fingerprint density at radius 2 is 0.773 bits per heavy atom. The maximum absolute atomic E-state index is 14.9. The molecule has 1 saturated heterocycles. The molecule has 1 aromatic heterocycles. The lowest BCUT2D eigenvalue weighted by molar-refractivity contribution is -0.176. The van der Waals surface area contributed by atoms with Crippen molar-refractivity contribution in [3.63, 3.8) is 0 Å². The van der Waals surface area contributed by atoms with Crippen molar-refractivity contribution in [2.45, 2.75) is 170 Å². The van der Waals surface area contributed by atoms with Crippen LogP contribution in [0.1, 0.15) is 117 Å². The summed E-state index contributed by atoms with van der Waals surface area (Å²) in [7, 11) is 5.58.